The lowest BCUT2D eigenvalue weighted by atomic mass is 9.90. The highest BCUT2D eigenvalue weighted by Crippen LogP contribution is 2.47. The molecule has 30 heavy (non-hydrogen) atoms. The Morgan fingerprint density at radius 2 is 1.93 bits per heavy atom. The smallest absolute Gasteiger partial charge is 0.231 e. The van der Waals surface area contributed by atoms with Gasteiger partial charge in [0.1, 0.15) is 6.04 Å². The zero-order valence-corrected chi connectivity index (χ0v) is 17.6. The molecule has 2 aliphatic rings. The number of hydrogen-bond acceptors (Lipinski definition) is 7. The van der Waals surface area contributed by atoms with Crippen molar-refractivity contribution in [1.29, 1.82) is 0 Å². The summed E-state index contributed by atoms with van der Waals surface area (Å²) in [5.41, 5.74) is 5.89. The van der Waals surface area contributed by atoms with E-state index in [1.165, 1.54) is 4.90 Å². The second-order valence-corrected chi connectivity index (χ2v) is 7.30. The van der Waals surface area contributed by atoms with E-state index in [-0.39, 0.29) is 12.8 Å². The first-order valence-electron chi connectivity index (χ1n) is 9.77. The number of ether oxygens (including phenoxy) is 5. The highest BCUT2D eigenvalue weighted by atomic mass is 16.7. The fourth-order valence-corrected chi connectivity index (χ4v) is 4.16. The van der Waals surface area contributed by atoms with Crippen LogP contribution in [0, 0.1) is 0 Å². The zero-order chi connectivity index (χ0) is 21.3. The molecule has 4 rings (SSSR count). The van der Waals surface area contributed by atoms with Gasteiger partial charge in [-0.1, -0.05) is 0 Å². The molecule has 0 amide bonds. The topological polar surface area (TPSA) is 82.9 Å². The molecule has 8 nitrogen and oxygen atoms in total. The summed E-state index contributed by atoms with van der Waals surface area (Å²) < 4.78 is 27.7. The van der Waals surface area contributed by atoms with Crippen molar-refractivity contribution in [1.82, 2.24) is 5.48 Å². The first-order chi connectivity index (χ1) is 14.6. The fraction of sp³-hybridized carbons (Fsp3) is 0.364. The third kappa shape index (κ3) is 3.38. The lowest BCUT2D eigenvalue weighted by molar-refractivity contribution is -0.907. The first kappa shape index (κ1) is 20.2. The Hall–Kier alpha value is -3.10. The van der Waals surface area contributed by atoms with Gasteiger partial charge in [0.15, 0.2) is 23.0 Å². The molecule has 0 spiro atoms. The van der Waals surface area contributed by atoms with Crippen LogP contribution in [0.15, 0.2) is 30.3 Å². The lowest BCUT2D eigenvalue weighted by Gasteiger charge is -2.31. The van der Waals surface area contributed by atoms with Crippen LogP contribution in [0.5, 0.6) is 28.7 Å². The van der Waals surface area contributed by atoms with Gasteiger partial charge in [-0.15, -0.1) is 0 Å². The Balaban J connectivity index is 1.81. The first-order valence-corrected chi connectivity index (χ1v) is 9.77. The van der Waals surface area contributed by atoms with Crippen molar-refractivity contribution in [2.24, 2.45) is 0 Å². The van der Waals surface area contributed by atoms with Crippen LogP contribution in [0.25, 0.3) is 5.70 Å². The summed E-state index contributed by atoms with van der Waals surface area (Å²) in [5, 5.41) is 9.94. The molecule has 2 aliphatic heterocycles. The number of hydrogen-bond donors (Lipinski definition) is 3. The maximum atomic E-state index is 9.94. The molecule has 160 valence electrons. The average molecular weight is 415 g/mol. The van der Waals surface area contributed by atoms with Gasteiger partial charge in [-0.3, -0.25) is 10.7 Å². The summed E-state index contributed by atoms with van der Waals surface area (Å²) in [7, 11) is 6.94. The predicted octanol–water partition coefficient (Wildman–Crippen LogP) is 1.57. The van der Waals surface area contributed by atoms with Gasteiger partial charge in [0, 0.05) is 18.1 Å². The average Bonchev–Trinajstić information content (AvgIpc) is 3.25. The summed E-state index contributed by atoms with van der Waals surface area (Å²) in [4.78, 5) is 1.27. The maximum absolute atomic E-state index is 9.94. The van der Waals surface area contributed by atoms with Gasteiger partial charge in [0.05, 0.1) is 46.2 Å². The second-order valence-electron chi connectivity index (χ2n) is 7.30. The van der Waals surface area contributed by atoms with E-state index in [1.807, 2.05) is 30.3 Å². The van der Waals surface area contributed by atoms with Gasteiger partial charge in [0.2, 0.25) is 12.5 Å². The van der Waals surface area contributed by atoms with Crippen LogP contribution >= 0.6 is 0 Å². The summed E-state index contributed by atoms with van der Waals surface area (Å²) in [5.74, 6) is 3.24. The molecule has 3 N–H and O–H groups in total. The van der Waals surface area contributed by atoms with Crippen molar-refractivity contribution in [2.45, 2.75) is 12.5 Å². The van der Waals surface area contributed by atoms with E-state index >= 15 is 0 Å². The quantitative estimate of drug-likeness (QED) is 0.618. The minimum atomic E-state index is -0.0686. The number of likely N-dealkylation sites (N-methyl/N-ethyl adjacent to an activating group) is 1. The SMILES string of the molecule is COc1ccc(/C(=C\[C@H]2c3c(cc4c(c3OC)OCO4)CC[NH+]2C)NO)cc1OC. The predicted molar refractivity (Wildman–Crippen MR) is 110 cm³/mol. The Bertz CT molecular complexity index is 975. The number of nitrogens with one attached hydrogen (secondary N) is 2. The molecule has 0 saturated carbocycles. The maximum Gasteiger partial charge on any atom is 0.231 e. The minimum Gasteiger partial charge on any atom is -0.493 e. The van der Waals surface area contributed by atoms with E-state index in [2.05, 4.69) is 12.5 Å². The molecule has 8 heteroatoms. The van der Waals surface area contributed by atoms with Crippen LogP contribution in [0.1, 0.15) is 22.7 Å². The third-order valence-electron chi connectivity index (χ3n) is 5.73. The van der Waals surface area contributed by atoms with E-state index in [1.54, 1.807) is 21.3 Å². The molecule has 0 saturated heterocycles. The van der Waals surface area contributed by atoms with Gasteiger partial charge >= 0.3 is 0 Å². The van der Waals surface area contributed by atoms with Crippen LogP contribution in [0.3, 0.4) is 0 Å². The molecule has 1 unspecified atom stereocenters. The second kappa shape index (κ2) is 8.33. The fourth-order valence-electron chi connectivity index (χ4n) is 4.16. The largest absolute Gasteiger partial charge is 0.493 e. The van der Waals surface area contributed by atoms with E-state index < -0.39 is 0 Å². The van der Waals surface area contributed by atoms with Crippen molar-refractivity contribution in [3.05, 3.63) is 47.0 Å². The van der Waals surface area contributed by atoms with Crippen LogP contribution in [-0.4, -0.2) is 46.9 Å². The highest BCUT2D eigenvalue weighted by molar-refractivity contribution is 5.68. The molecule has 0 aliphatic carbocycles. The summed E-state index contributed by atoms with van der Waals surface area (Å²) in [6, 6.07) is 7.47. The van der Waals surface area contributed by atoms with Gasteiger partial charge in [-0.2, -0.15) is 0 Å². The number of quaternary nitrogens is 1. The Kier molecular flexibility index (Phi) is 5.61. The van der Waals surface area contributed by atoms with Gasteiger partial charge < -0.3 is 28.6 Å². The summed E-state index contributed by atoms with van der Waals surface area (Å²) >= 11 is 0. The van der Waals surface area contributed by atoms with Crippen LogP contribution in [-0.2, 0) is 6.42 Å². The number of methoxy groups -OCH3 is 3. The van der Waals surface area contributed by atoms with Crippen LogP contribution in [0.4, 0.5) is 0 Å². The van der Waals surface area contributed by atoms with Gasteiger partial charge in [-0.05, 0) is 29.8 Å². The Morgan fingerprint density at radius 3 is 2.63 bits per heavy atom. The summed E-state index contributed by atoms with van der Waals surface area (Å²) in [6.45, 7) is 1.12. The number of benzene rings is 2. The minimum absolute atomic E-state index is 0.0686. The molecule has 2 heterocycles. The standard InChI is InChI=1S/C22H26N2O6/c1-24-8-7-14-10-19-21(30-12-29-19)22(28-4)20(14)16(24)11-15(23-25)13-5-6-17(26-2)18(9-13)27-3/h5-6,9-11,16,23,25H,7-8,12H2,1-4H3/p+1/b15-11+/t16-/m0/s1. The number of hydroxylamine groups is 1. The molecule has 0 radical (unpaired) electrons. The zero-order valence-electron chi connectivity index (χ0n) is 17.6. The van der Waals surface area contributed by atoms with Gasteiger partial charge in [-0.25, -0.2) is 0 Å². The highest BCUT2D eigenvalue weighted by Gasteiger charge is 2.35. The molecular formula is C22H27N2O6+. The molecule has 0 fully saturated rings. The molecule has 0 aromatic heterocycles. The van der Waals surface area contributed by atoms with Crippen molar-refractivity contribution in [3.8, 4) is 28.7 Å². The van der Waals surface area contributed by atoms with E-state index in [0.29, 0.717) is 34.4 Å². The normalized spacial score (nSPS) is 19.8. The van der Waals surface area contributed by atoms with E-state index in [9.17, 15) is 5.21 Å². The Morgan fingerprint density at radius 1 is 1.13 bits per heavy atom. The molecule has 2 aromatic carbocycles. The van der Waals surface area contributed by atoms with Crippen LogP contribution in [0.2, 0.25) is 0 Å². The van der Waals surface area contributed by atoms with Gasteiger partial charge in [0.25, 0.3) is 0 Å². The van der Waals surface area contributed by atoms with Crippen molar-refractivity contribution >= 4 is 5.70 Å². The monoisotopic (exact) mass is 415 g/mol. The number of fused-ring (bicyclic) bond motifs is 2. The number of rotatable bonds is 6. The lowest BCUT2D eigenvalue weighted by Crippen LogP contribution is -3.10. The van der Waals surface area contributed by atoms with E-state index in [0.717, 1.165) is 29.7 Å². The third-order valence-corrected chi connectivity index (χ3v) is 5.73. The molecular weight excluding hydrogens is 388 g/mol. The molecule has 2 atom stereocenters. The molecule has 2 aromatic rings. The van der Waals surface area contributed by atoms with Crippen molar-refractivity contribution in [3.63, 3.8) is 0 Å². The van der Waals surface area contributed by atoms with Crippen LogP contribution < -0.4 is 34.1 Å². The summed E-state index contributed by atoms with van der Waals surface area (Å²) in [6.07, 6.45) is 2.90. The Labute approximate surface area is 175 Å². The van der Waals surface area contributed by atoms with Crippen molar-refractivity contribution < 1.29 is 33.8 Å². The van der Waals surface area contributed by atoms with Crippen molar-refractivity contribution in [2.75, 3.05) is 41.7 Å². The van der Waals surface area contributed by atoms with E-state index in [4.69, 9.17) is 23.7 Å². The molecule has 0 bridgehead atoms.